The van der Waals surface area contributed by atoms with Gasteiger partial charge in [-0.05, 0) is 43.9 Å². The Bertz CT molecular complexity index is 669. The van der Waals surface area contributed by atoms with Crippen LogP contribution in [0.15, 0.2) is 18.2 Å². The summed E-state index contributed by atoms with van der Waals surface area (Å²) in [7, 11) is 1.84. The minimum absolute atomic E-state index is 0. The van der Waals surface area contributed by atoms with Gasteiger partial charge in [0.05, 0.1) is 5.52 Å². The molecule has 0 spiro atoms. The third kappa shape index (κ3) is 3.08. The second kappa shape index (κ2) is 6.62. The molecule has 120 valence electrons. The number of amides is 1. The fraction of sp³-hybridized carbons (Fsp3) is 0.533. The van der Waals surface area contributed by atoms with Crippen molar-refractivity contribution in [3.05, 3.63) is 23.8 Å². The molecule has 0 saturated carbocycles. The van der Waals surface area contributed by atoms with Gasteiger partial charge >= 0.3 is 0 Å². The number of piperidine rings is 1. The lowest BCUT2D eigenvalue weighted by atomic mass is 9.92. The Balaban J connectivity index is 0.00000176. The summed E-state index contributed by atoms with van der Waals surface area (Å²) < 4.78 is 1.70. The minimum atomic E-state index is 0. The topological polar surface area (TPSA) is 77.0 Å². The van der Waals surface area contributed by atoms with Gasteiger partial charge < -0.3 is 10.6 Å². The lowest BCUT2D eigenvalue weighted by Gasteiger charge is -2.34. The van der Waals surface area contributed by atoms with Crippen LogP contribution in [-0.2, 0) is 7.05 Å². The molecule has 6 nitrogen and oxygen atoms in total. The fourth-order valence-corrected chi connectivity index (χ4v) is 2.98. The fourth-order valence-electron chi connectivity index (χ4n) is 2.98. The molecule has 2 heterocycles. The Labute approximate surface area is 136 Å². The van der Waals surface area contributed by atoms with Gasteiger partial charge in [-0.3, -0.25) is 4.79 Å². The van der Waals surface area contributed by atoms with Gasteiger partial charge in [0.25, 0.3) is 5.91 Å². The van der Waals surface area contributed by atoms with E-state index in [0.717, 1.165) is 37.0 Å². The molecule has 2 atom stereocenters. The first-order valence-electron chi connectivity index (χ1n) is 7.40. The highest BCUT2D eigenvalue weighted by atomic mass is 35.5. The van der Waals surface area contributed by atoms with Gasteiger partial charge in [-0.1, -0.05) is 5.21 Å². The van der Waals surface area contributed by atoms with Crippen LogP contribution >= 0.6 is 12.4 Å². The Morgan fingerprint density at radius 1 is 1.45 bits per heavy atom. The standard InChI is InChI=1S/C15H21N5O.ClH/c1-10(16)12-4-3-7-20(9-12)15(21)11-5-6-14-13(8-11)17-18-19(14)2;/h5-6,8,10,12H,3-4,7,9,16H2,1-2H3;1H. The lowest BCUT2D eigenvalue weighted by Crippen LogP contribution is -2.45. The van der Waals surface area contributed by atoms with Crippen molar-refractivity contribution in [2.75, 3.05) is 13.1 Å². The Morgan fingerprint density at radius 3 is 2.95 bits per heavy atom. The molecule has 0 bridgehead atoms. The maximum absolute atomic E-state index is 12.6. The van der Waals surface area contributed by atoms with Crippen LogP contribution in [0.3, 0.4) is 0 Å². The number of halogens is 1. The van der Waals surface area contributed by atoms with E-state index in [9.17, 15) is 4.79 Å². The van der Waals surface area contributed by atoms with Crippen LogP contribution in [0, 0.1) is 5.92 Å². The van der Waals surface area contributed by atoms with Crippen molar-refractivity contribution in [2.24, 2.45) is 18.7 Å². The van der Waals surface area contributed by atoms with Crippen molar-refractivity contribution in [3.63, 3.8) is 0 Å². The Hall–Kier alpha value is -1.66. The van der Waals surface area contributed by atoms with E-state index >= 15 is 0 Å². The molecule has 2 aromatic rings. The summed E-state index contributed by atoms with van der Waals surface area (Å²) in [5.41, 5.74) is 8.34. The summed E-state index contributed by atoms with van der Waals surface area (Å²) in [6.07, 6.45) is 2.12. The number of aryl methyl sites for hydroxylation is 1. The van der Waals surface area contributed by atoms with Crippen molar-refractivity contribution in [3.8, 4) is 0 Å². The molecule has 1 saturated heterocycles. The van der Waals surface area contributed by atoms with Crippen LogP contribution in [0.4, 0.5) is 0 Å². The molecule has 1 aromatic heterocycles. The zero-order chi connectivity index (χ0) is 15.0. The SMILES string of the molecule is CC(N)C1CCCN(C(=O)c2ccc3c(c2)nnn3C)C1.Cl. The van der Waals surface area contributed by atoms with E-state index in [1.807, 2.05) is 37.1 Å². The number of hydrogen-bond acceptors (Lipinski definition) is 4. The van der Waals surface area contributed by atoms with E-state index in [2.05, 4.69) is 10.3 Å². The highest BCUT2D eigenvalue weighted by Gasteiger charge is 2.26. The summed E-state index contributed by atoms with van der Waals surface area (Å²) in [5.74, 6) is 0.454. The quantitative estimate of drug-likeness (QED) is 0.910. The highest BCUT2D eigenvalue weighted by molar-refractivity contribution is 5.97. The van der Waals surface area contributed by atoms with Gasteiger partial charge in [-0.25, -0.2) is 4.68 Å². The van der Waals surface area contributed by atoms with Crippen molar-refractivity contribution < 1.29 is 4.79 Å². The van der Waals surface area contributed by atoms with Gasteiger partial charge in [0.15, 0.2) is 0 Å². The number of carbonyl (C=O) groups is 1. The van der Waals surface area contributed by atoms with Crippen LogP contribution in [0.2, 0.25) is 0 Å². The molecule has 7 heteroatoms. The first kappa shape index (κ1) is 16.7. The number of hydrogen-bond donors (Lipinski definition) is 1. The summed E-state index contributed by atoms with van der Waals surface area (Å²) in [6.45, 7) is 3.57. The zero-order valence-electron chi connectivity index (χ0n) is 12.9. The van der Waals surface area contributed by atoms with Crippen LogP contribution in [0.25, 0.3) is 11.0 Å². The predicted molar refractivity (Wildman–Crippen MR) is 88.0 cm³/mol. The zero-order valence-corrected chi connectivity index (χ0v) is 13.7. The van der Waals surface area contributed by atoms with Crippen molar-refractivity contribution in [1.29, 1.82) is 0 Å². The summed E-state index contributed by atoms with van der Waals surface area (Å²) in [5, 5.41) is 8.04. The molecule has 1 aromatic carbocycles. The number of benzene rings is 1. The predicted octanol–water partition coefficient (Wildman–Crippen LogP) is 1.59. The van der Waals surface area contributed by atoms with Gasteiger partial charge in [-0.15, -0.1) is 17.5 Å². The van der Waals surface area contributed by atoms with Crippen LogP contribution in [0.1, 0.15) is 30.1 Å². The number of nitrogens with zero attached hydrogens (tertiary/aromatic N) is 4. The average molecular weight is 324 g/mol. The van der Waals surface area contributed by atoms with E-state index in [1.54, 1.807) is 4.68 Å². The molecule has 2 unspecified atom stereocenters. The first-order chi connectivity index (χ1) is 10.1. The molecule has 3 rings (SSSR count). The van der Waals surface area contributed by atoms with Crippen molar-refractivity contribution >= 4 is 29.3 Å². The van der Waals surface area contributed by atoms with E-state index in [-0.39, 0.29) is 24.4 Å². The minimum Gasteiger partial charge on any atom is -0.338 e. The van der Waals surface area contributed by atoms with Gasteiger partial charge in [-0.2, -0.15) is 0 Å². The number of nitrogens with two attached hydrogens (primary N) is 1. The maximum Gasteiger partial charge on any atom is 0.253 e. The maximum atomic E-state index is 12.6. The largest absolute Gasteiger partial charge is 0.338 e. The van der Waals surface area contributed by atoms with Gasteiger partial charge in [0, 0.05) is 31.7 Å². The lowest BCUT2D eigenvalue weighted by molar-refractivity contribution is 0.0661. The summed E-state index contributed by atoms with van der Waals surface area (Å²) in [6, 6.07) is 5.70. The Kier molecular flexibility index (Phi) is 5.03. The second-order valence-electron chi connectivity index (χ2n) is 5.93. The van der Waals surface area contributed by atoms with Crippen LogP contribution in [-0.4, -0.2) is 44.9 Å². The molecule has 1 aliphatic heterocycles. The molecular weight excluding hydrogens is 302 g/mol. The molecule has 0 radical (unpaired) electrons. The molecule has 2 N–H and O–H groups in total. The monoisotopic (exact) mass is 323 g/mol. The summed E-state index contributed by atoms with van der Waals surface area (Å²) in [4.78, 5) is 14.6. The van der Waals surface area contributed by atoms with E-state index in [0.29, 0.717) is 11.5 Å². The van der Waals surface area contributed by atoms with Crippen LogP contribution < -0.4 is 5.73 Å². The van der Waals surface area contributed by atoms with Crippen LogP contribution in [0.5, 0.6) is 0 Å². The third-order valence-corrected chi connectivity index (χ3v) is 4.35. The summed E-state index contributed by atoms with van der Waals surface area (Å²) >= 11 is 0. The number of carbonyl (C=O) groups excluding carboxylic acids is 1. The molecule has 22 heavy (non-hydrogen) atoms. The number of aromatic nitrogens is 3. The Morgan fingerprint density at radius 2 is 2.23 bits per heavy atom. The number of rotatable bonds is 2. The molecule has 1 amide bonds. The smallest absolute Gasteiger partial charge is 0.253 e. The molecule has 1 aliphatic rings. The first-order valence-corrected chi connectivity index (χ1v) is 7.40. The second-order valence-corrected chi connectivity index (χ2v) is 5.93. The molecule has 1 fully saturated rings. The highest BCUT2D eigenvalue weighted by Crippen LogP contribution is 2.21. The normalized spacial score (nSPS) is 19.8. The average Bonchev–Trinajstić information content (AvgIpc) is 2.87. The van der Waals surface area contributed by atoms with Gasteiger partial charge in [0.1, 0.15) is 5.52 Å². The van der Waals surface area contributed by atoms with E-state index in [1.165, 1.54) is 0 Å². The van der Waals surface area contributed by atoms with Crippen molar-refractivity contribution in [2.45, 2.75) is 25.8 Å². The van der Waals surface area contributed by atoms with Crippen molar-refractivity contribution in [1.82, 2.24) is 19.9 Å². The van der Waals surface area contributed by atoms with E-state index < -0.39 is 0 Å². The van der Waals surface area contributed by atoms with Gasteiger partial charge in [0.2, 0.25) is 0 Å². The number of likely N-dealkylation sites (tertiary alicyclic amines) is 1. The van der Waals surface area contributed by atoms with E-state index in [4.69, 9.17) is 5.73 Å². The third-order valence-electron chi connectivity index (χ3n) is 4.35. The number of fused-ring (bicyclic) bond motifs is 1. The molecular formula is C15H22ClN5O. The molecule has 0 aliphatic carbocycles.